The summed E-state index contributed by atoms with van der Waals surface area (Å²) in [5.74, 6) is 7.67. The molecule has 0 atom stereocenters. The molecule has 0 saturated carbocycles. The first kappa shape index (κ1) is 18.9. The van der Waals surface area contributed by atoms with Crippen LogP contribution in [0.5, 0.6) is 0 Å². The van der Waals surface area contributed by atoms with Crippen LogP contribution in [0.2, 0.25) is 5.02 Å². The molecule has 28 heavy (non-hydrogen) atoms. The predicted octanol–water partition coefficient (Wildman–Crippen LogP) is 4.07. The molecule has 0 unspecified atom stereocenters. The third-order valence-corrected chi connectivity index (χ3v) is 5.88. The minimum absolute atomic E-state index is 0.449. The number of aromatic nitrogens is 3. The fourth-order valence-electron chi connectivity index (χ4n) is 3.11. The summed E-state index contributed by atoms with van der Waals surface area (Å²) in [7, 11) is 0. The molecule has 7 heteroatoms. The van der Waals surface area contributed by atoms with Crippen LogP contribution in [0.25, 0.3) is 5.00 Å². The van der Waals surface area contributed by atoms with Crippen molar-refractivity contribution in [3.8, 4) is 16.8 Å². The van der Waals surface area contributed by atoms with Gasteiger partial charge in [-0.15, -0.1) is 21.5 Å². The zero-order chi connectivity index (χ0) is 20.1. The van der Waals surface area contributed by atoms with Crippen LogP contribution in [0.4, 0.5) is 0 Å². The summed E-state index contributed by atoms with van der Waals surface area (Å²) in [6.07, 6.45) is 0. The van der Waals surface area contributed by atoms with Crippen molar-refractivity contribution in [3.63, 3.8) is 0 Å². The highest BCUT2D eigenvalue weighted by atomic mass is 35.5. The number of rotatable bonds is 1. The Balaban J connectivity index is 1.97. The molecule has 0 aliphatic carbocycles. The fourth-order valence-corrected chi connectivity index (χ4v) is 4.47. The van der Waals surface area contributed by atoms with Gasteiger partial charge in [-0.2, -0.15) is 0 Å². The molecule has 1 aliphatic rings. The molecule has 5 nitrogen and oxygen atoms in total. The van der Waals surface area contributed by atoms with E-state index in [2.05, 4.69) is 26.6 Å². The number of hydrogen-bond donors (Lipinski definition) is 1. The average molecular weight is 411 g/mol. The topological polar surface area (TPSA) is 63.3 Å². The Morgan fingerprint density at radius 1 is 1.18 bits per heavy atom. The molecular formula is C21H19ClN4OS. The van der Waals surface area contributed by atoms with E-state index in [0.717, 1.165) is 43.9 Å². The van der Waals surface area contributed by atoms with Crippen molar-refractivity contribution in [3.05, 3.63) is 62.5 Å². The normalized spacial score (nSPS) is 13.1. The SMILES string of the molecule is Cc1c(C#CC(C)(C)O)sc2c1C(c1ccc(Cl)cc1)=NCc1nnc(C)n1-2. The lowest BCUT2D eigenvalue weighted by Gasteiger charge is -2.09. The van der Waals surface area contributed by atoms with Crippen LogP contribution in [0.15, 0.2) is 29.3 Å². The zero-order valence-corrected chi connectivity index (χ0v) is 17.6. The molecule has 2 aromatic heterocycles. The minimum Gasteiger partial charge on any atom is -0.378 e. The molecule has 1 aliphatic heterocycles. The highest BCUT2D eigenvalue weighted by molar-refractivity contribution is 7.15. The van der Waals surface area contributed by atoms with Gasteiger partial charge in [-0.25, -0.2) is 0 Å². The van der Waals surface area contributed by atoms with Crippen molar-refractivity contribution in [1.29, 1.82) is 0 Å². The minimum atomic E-state index is -1.06. The van der Waals surface area contributed by atoms with Crippen molar-refractivity contribution in [2.24, 2.45) is 4.99 Å². The Morgan fingerprint density at radius 2 is 1.89 bits per heavy atom. The van der Waals surface area contributed by atoms with Gasteiger partial charge in [-0.1, -0.05) is 35.6 Å². The maximum absolute atomic E-state index is 10.0. The van der Waals surface area contributed by atoms with Gasteiger partial charge in [-0.05, 0) is 45.4 Å². The van der Waals surface area contributed by atoms with Gasteiger partial charge in [0.1, 0.15) is 23.0 Å². The molecule has 142 valence electrons. The van der Waals surface area contributed by atoms with Gasteiger partial charge in [0.2, 0.25) is 0 Å². The van der Waals surface area contributed by atoms with Crippen LogP contribution >= 0.6 is 22.9 Å². The van der Waals surface area contributed by atoms with Crippen LogP contribution in [0.1, 0.15) is 47.1 Å². The molecule has 0 radical (unpaired) electrons. The van der Waals surface area contributed by atoms with E-state index in [4.69, 9.17) is 16.6 Å². The van der Waals surface area contributed by atoms with Gasteiger partial charge in [0, 0.05) is 16.1 Å². The largest absolute Gasteiger partial charge is 0.378 e. The Kier molecular flexibility index (Phi) is 4.62. The van der Waals surface area contributed by atoms with E-state index in [1.54, 1.807) is 25.2 Å². The summed E-state index contributed by atoms with van der Waals surface area (Å²) in [4.78, 5) is 5.76. The summed E-state index contributed by atoms with van der Waals surface area (Å²) >= 11 is 7.65. The number of aryl methyl sites for hydroxylation is 1. The molecule has 3 aromatic rings. The summed E-state index contributed by atoms with van der Waals surface area (Å²) in [5, 5.41) is 20.2. The number of fused-ring (bicyclic) bond motifs is 3. The average Bonchev–Trinajstić information content (AvgIpc) is 3.09. The van der Waals surface area contributed by atoms with E-state index < -0.39 is 5.60 Å². The van der Waals surface area contributed by atoms with Crippen LogP contribution < -0.4 is 0 Å². The number of nitrogens with zero attached hydrogens (tertiary/aromatic N) is 4. The van der Waals surface area contributed by atoms with Crippen molar-refractivity contribution >= 4 is 28.6 Å². The van der Waals surface area contributed by atoms with Crippen LogP contribution in [-0.2, 0) is 6.54 Å². The van der Waals surface area contributed by atoms with Crippen molar-refractivity contribution in [1.82, 2.24) is 14.8 Å². The maximum atomic E-state index is 10.0. The van der Waals surface area contributed by atoms with Gasteiger partial charge in [0.05, 0.1) is 10.6 Å². The molecule has 0 fully saturated rings. The molecule has 1 aromatic carbocycles. The molecule has 0 saturated heterocycles. The number of thiophene rings is 1. The first-order valence-electron chi connectivity index (χ1n) is 8.85. The van der Waals surface area contributed by atoms with E-state index in [-0.39, 0.29) is 0 Å². The quantitative estimate of drug-likeness (QED) is 0.615. The summed E-state index contributed by atoms with van der Waals surface area (Å²) < 4.78 is 2.05. The molecule has 0 bridgehead atoms. The second kappa shape index (κ2) is 6.85. The van der Waals surface area contributed by atoms with Crippen molar-refractivity contribution in [2.45, 2.75) is 39.8 Å². The van der Waals surface area contributed by atoms with Gasteiger partial charge in [0.15, 0.2) is 5.82 Å². The second-order valence-corrected chi connectivity index (χ2v) is 8.65. The van der Waals surface area contributed by atoms with E-state index in [0.29, 0.717) is 11.6 Å². The lowest BCUT2D eigenvalue weighted by Crippen LogP contribution is -2.14. The van der Waals surface area contributed by atoms with Crippen LogP contribution in [-0.4, -0.2) is 31.2 Å². The molecule has 0 spiro atoms. The third-order valence-electron chi connectivity index (χ3n) is 4.44. The predicted molar refractivity (Wildman–Crippen MR) is 113 cm³/mol. The van der Waals surface area contributed by atoms with Gasteiger partial charge >= 0.3 is 0 Å². The first-order valence-corrected chi connectivity index (χ1v) is 10.0. The van der Waals surface area contributed by atoms with E-state index in [1.165, 1.54) is 0 Å². The maximum Gasteiger partial charge on any atom is 0.160 e. The Bertz CT molecular complexity index is 1150. The Labute approximate surface area is 172 Å². The van der Waals surface area contributed by atoms with Crippen LogP contribution in [0, 0.1) is 25.7 Å². The highest BCUT2D eigenvalue weighted by Crippen LogP contribution is 2.36. The standard InChI is InChI=1S/C21H19ClN4OS/c1-12-16(9-10-21(3,4)27)28-20-18(12)19(14-5-7-15(22)8-6-14)23-11-17-25-24-13(2)26(17)20/h5-8,27H,11H2,1-4H3. The van der Waals surface area contributed by atoms with Crippen LogP contribution in [0.3, 0.4) is 0 Å². The molecule has 3 heterocycles. The van der Waals surface area contributed by atoms with Gasteiger partial charge < -0.3 is 5.11 Å². The lowest BCUT2D eigenvalue weighted by molar-refractivity contribution is 0.143. The second-order valence-electron chi connectivity index (χ2n) is 7.22. The van der Waals surface area contributed by atoms with E-state index >= 15 is 0 Å². The molecular weight excluding hydrogens is 392 g/mol. The highest BCUT2D eigenvalue weighted by Gasteiger charge is 2.27. The third kappa shape index (κ3) is 3.37. The van der Waals surface area contributed by atoms with E-state index in [9.17, 15) is 5.11 Å². The smallest absolute Gasteiger partial charge is 0.160 e. The molecule has 1 N–H and O–H groups in total. The first-order chi connectivity index (χ1) is 13.2. The Morgan fingerprint density at radius 3 is 2.57 bits per heavy atom. The zero-order valence-electron chi connectivity index (χ0n) is 16.0. The monoisotopic (exact) mass is 410 g/mol. The van der Waals surface area contributed by atoms with Crippen molar-refractivity contribution < 1.29 is 5.11 Å². The number of hydrogen-bond acceptors (Lipinski definition) is 5. The molecule has 4 rings (SSSR count). The number of benzene rings is 1. The lowest BCUT2D eigenvalue weighted by atomic mass is 9.99. The Hall–Kier alpha value is -2.46. The number of aliphatic hydroxyl groups is 1. The van der Waals surface area contributed by atoms with Gasteiger partial charge in [0.25, 0.3) is 0 Å². The van der Waals surface area contributed by atoms with E-state index in [1.807, 2.05) is 38.1 Å². The van der Waals surface area contributed by atoms with Crippen molar-refractivity contribution in [2.75, 3.05) is 0 Å². The summed E-state index contributed by atoms with van der Waals surface area (Å²) in [6, 6.07) is 7.69. The number of aliphatic imine (C=N–C) groups is 1. The molecule has 0 amide bonds. The van der Waals surface area contributed by atoms with Gasteiger partial charge in [-0.3, -0.25) is 9.56 Å². The number of halogens is 1. The summed E-state index contributed by atoms with van der Waals surface area (Å²) in [5.41, 5.74) is 2.88. The fraction of sp³-hybridized carbons (Fsp3) is 0.286. The summed E-state index contributed by atoms with van der Waals surface area (Å²) in [6.45, 7) is 7.78.